The minimum atomic E-state index is -0.605. The number of aromatic nitrogens is 3. The van der Waals surface area contributed by atoms with Crippen LogP contribution in [0.15, 0.2) is 72.8 Å². The number of ether oxygens (including phenoxy) is 1. The van der Waals surface area contributed by atoms with Crippen LogP contribution in [0.5, 0.6) is 5.75 Å². The number of nitro benzene ring substituents is 1. The summed E-state index contributed by atoms with van der Waals surface area (Å²) in [5.41, 5.74) is 1.13. The minimum Gasteiger partial charge on any atom is -0.507 e. The fourth-order valence-electron chi connectivity index (χ4n) is 3.12. The van der Waals surface area contributed by atoms with Crippen molar-refractivity contribution in [2.75, 3.05) is 7.11 Å². The number of phenolic OH excluding ortho intramolecular Hbond substituents is 1. The van der Waals surface area contributed by atoms with Crippen molar-refractivity contribution in [1.82, 2.24) is 15.0 Å². The van der Waals surface area contributed by atoms with Gasteiger partial charge >= 0.3 is 5.97 Å². The number of esters is 1. The van der Waals surface area contributed by atoms with E-state index < -0.39 is 10.9 Å². The molecule has 0 fully saturated rings. The molecule has 0 atom stereocenters. The van der Waals surface area contributed by atoms with Gasteiger partial charge in [0, 0.05) is 17.2 Å². The van der Waals surface area contributed by atoms with E-state index >= 15 is 0 Å². The van der Waals surface area contributed by atoms with Gasteiger partial charge < -0.3 is 9.84 Å². The van der Waals surface area contributed by atoms with Crippen LogP contribution in [0.25, 0.3) is 34.2 Å². The summed E-state index contributed by atoms with van der Waals surface area (Å²) >= 11 is 0. The van der Waals surface area contributed by atoms with Crippen molar-refractivity contribution in [3.8, 4) is 39.9 Å². The topological polar surface area (TPSA) is 128 Å². The molecular formula is C23H16N4O5. The number of methoxy groups -OCH3 is 1. The van der Waals surface area contributed by atoms with Gasteiger partial charge in [0.2, 0.25) is 0 Å². The zero-order chi connectivity index (χ0) is 22.7. The Morgan fingerprint density at radius 2 is 1.44 bits per heavy atom. The summed E-state index contributed by atoms with van der Waals surface area (Å²) in [6, 6.07) is 19.4. The molecule has 0 spiro atoms. The quantitative estimate of drug-likeness (QED) is 0.283. The SMILES string of the molecule is COC(=O)c1ccc(-c2nc(-c3ccccc3)nc(-c3c(O)cccc3[N+](=O)[O-])n2)cc1. The average Bonchev–Trinajstić information content (AvgIpc) is 2.83. The molecule has 1 N–H and O–H groups in total. The van der Waals surface area contributed by atoms with Crippen LogP contribution < -0.4 is 0 Å². The number of aromatic hydroxyl groups is 1. The first kappa shape index (κ1) is 20.6. The van der Waals surface area contributed by atoms with Crippen LogP contribution >= 0.6 is 0 Å². The number of hydrogen-bond donors (Lipinski definition) is 1. The molecule has 0 amide bonds. The first-order chi connectivity index (χ1) is 15.5. The first-order valence-electron chi connectivity index (χ1n) is 9.45. The number of carbonyl (C=O) groups is 1. The van der Waals surface area contributed by atoms with E-state index in [1.165, 1.54) is 25.3 Å². The summed E-state index contributed by atoms with van der Waals surface area (Å²) < 4.78 is 4.71. The zero-order valence-corrected chi connectivity index (χ0v) is 16.8. The van der Waals surface area contributed by atoms with E-state index in [0.717, 1.165) is 0 Å². The molecule has 9 heteroatoms. The molecule has 0 aliphatic rings. The van der Waals surface area contributed by atoms with Crippen molar-refractivity contribution < 1.29 is 19.6 Å². The van der Waals surface area contributed by atoms with Crippen molar-refractivity contribution in [2.45, 2.75) is 0 Å². The number of hydrogen-bond acceptors (Lipinski definition) is 8. The molecule has 0 aliphatic heterocycles. The van der Waals surface area contributed by atoms with Crippen LogP contribution in [0.3, 0.4) is 0 Å². The monoisotopic (exact) mass is 428 g/mol. The van der Waals surface area contributed by atoms with Crippen LogP contribution in [-0.2, 0) is 4.74 Å². The van der Waals surface area contributed by atoms with E-state index in [9.17, 15) is 20.0 Å². The van der Waals surface area contributed by atoms with E-state index in [1.807, 2.05) is 18.2 Å². The van der Waals surface area contributed by atoms with E-state index in [4.69, 9.17) is 4.74 Å². The standard InChI is InChI=1S/C23H16N4O5/c1-32-23(29)16-12-10-15(11-13-16)21-24-20(14-6-3-2-4-7-14)25-22(26-21)19-17(27(30)31)8-5-9-18(19)28/h2-13,28H,1H3. The molecular weight excluding hydrogens is 412 g/mol. The molecule has 0 saturated carbocycles. The molecule has 32 heavy (non-hydrogen) atoms. The van der Waals surface area contributed by atoms with E-state index in [1.54, 1.807) is 36.4 Å². The van der Waals surface area contributed by atoms with Gasteiger partial charge in [0.05, 0.1) is 17.6 Å². The van der Waals surface area contributed by atoms with E-state index in [-0.39, 0.29) is 34.5 Å². The summed E-state index contributed by atoms with van der Waals surface area (Å²) in [5, 5.41) is 22.0. The van der Waals surface area contributed by atoms with Gasteiger partial charge in [0.15, 0.2) is 17.5 Å². The molecule has 1 heterocycles. The average molecular weight is 428 g/mol. The Balaban J connectivity index is 1.93. The molecule has 0 bridgehead atoms. The maximum Gasteiger partial charge on any atom is 0.337 e. The van der Waals surface area contributed by atoms with E-state index in [0.29, 0.717) is 16.7 Å². The number of rotatable bonds is 5. The highest BCUT2D eigenvalue weighted by Gasteiger charge is 2.23. The minimum absolute atomic E-state index is 0.0457. The molecule has 4 rings (SSSR count). The Morgan fingerprint density at radius 1 is 0.844 bits per heavy atom. The molecule has 0 saturated heterocycles. The Labute approximate surface area is 182 Å². The van der Waals surface area contributed by atoms with Gasteiger partial charge in [-0.25, -0.2) is 19.7 Å². The predicted octanol–water partition coefficient (Wildman–Crippen LogP) is 4.27. The fourth-order valence-corrected chi connectivity index (χ4v) is 3.12. The maximum absolute atomic E-state index is 11.7. The lowest BCUT2D eigenvalue weighted by Crippen LogP contribution is -2.03. The second-order valence-electron chi connectivity index (χ2n) is 6.67. The van der Waals surface area contributed by atoms with Gasteiger partial charge in [-0.1, -0.05) is 48.5 Å². The highest BCUT2D eigenvalue weighted by atomic mass is 16.6. The highest BCUT2D eigenvalue weighted by molar-refractivity contribution is 5.89. The number of benzene rings is 3. The Bertz CT molecular complexity index is 1310. The first-order valence-corrected chi connectivity index (χ1v) is 9.45. The summed E-state index contributed by atoms with van der Waals surface area (Å²) in [5.74, 6) is -0.349. The largest absolute Gasteiger partial charge is 0.507 e. The van der Waals surface area contributed by atoms with Crippen molar-refractivity contribution in [3.63, 3.8) is 0 Å². The van der Waals surface area contributed by atoms with Gasteiger partial charge in [-0.3, -0.25) is 10.1 Å². The van der Waals surface area contributed by atoms with Crippen molar-refractivity contribution in [1.29, 1.82) is 0 Å². The molecule has 9 nitrogen and oxygen atoms in total. The molecule has 3 aromatic carbocycles. The van der Waals surface area contributed by atoms with Crippen molar-refractivity contribution >= 4 is 11.7 Å². The number of phenols is 1. The summed E-state index contributed by atoms with van der Waals surface area (Å²) in [6.45, 7) is 0. The molecule has 4 aromatic rings. The molecule has 1 aromatic heterocycles. The zero-order valence-electron chi connectivity index (χ0n) is 16.8. The Kier molecular flexibility index (Phi) is 5.54. The number of nitrogens with zero attached hydrogens (tertiary/aromatic N) is 4. The highest BCUT2D eigenvalue weighted by Crippen LogP contribution is 2.36. The molecule has 158 valence electrons. The Morgan fingerprint density at radius 3 is 2.03 bits per heavy atom. The predicted molar refractivity (Wildman–Crippen MR) is 116 cm³/mol. The summed E-state index contributed by atoms with van der Waals surface area (Å²) in [6.07, 6.45) is 0. The van der Waals surface area contributed by atoms with Crippen LogP contribution in [0.4, 0.5) is 5.69 Å². The van der Waals surface area contributed by atoms with Gasteiger partial charge in [-0.05, 0) is 18.2 Å². The lowest BCUT2D eigenvalue weighted by molar-refractivity contribution is -0.384. The van der Waals surface area contributed by atoms with Gasteiger partial charge in [0.25, 0.3) is 5.69 Å². The fraction of sp³-hybridized carbons (Fsp3) is 0.0435. The van der Waals surface area contributed by atoms with Crippen LogP contribution in [-0.4, -0.2) is 38.1 Å². The lowest BCUT2D eigenvalue weighted by atomic mass is 10.1. The smallest absolute Gasteiger partial charge is 0.337 e. The van der Waals surface area contributed by atoms with Crippen LogP contribution in [0, 0.1) is 10.1 Å². The molecule has 0 aliphatic carbocycles. The summed E-state index contributed by atoms with van der Waals surface area (Å²) in [4.78, 5) is 36.0. The normalized spacial score (nSPS) is 10.5. The third kappa shape index (κ3) is 3.99. The second-order valence-corrected chi connectivity index (χ2v) is 6.67. The number of carbonyl (C=O) groups excluding carboxylic acids is 1. The van der Waals surface area contributed by atoms with Crippen molar-refractivity contribution in [2.24, 2.45) is 0 Å². The van der Waals surface area contributed by atoms with Gasteiger partial charge in [0.1, 0.15) is 11.3 Å². The third-order valence-corrected chi connectivity index (χ3v) is 4.67. The van der Waals surface area contributed by atoms with Gasteiger partial charge in [-0.15, -0.1) is 0 Å². The van der Waals surface area contributed by atoms with Crippen molar-refractivity contribution in [3.05, 3.63) is 88.5 Å². The molecule has 0 radical (unpaired) electrons. The third-order valence-electron chi connectivity index (χ3n) is 4.67. The lowest BCUT2D eigenvalue weighted by Gasteiger charge is -2.10. The number of nitro groups is 1. The van der Waals surface area contributed by atoms with Crippen LogP contribution in [0.2, 0.25) is 0 Å². The van der Waals surface area contributed by atoms with E-state index in [2.05, 4.69) is 15.0 Å². The Hall–Kier alpha value is -4.66. The summed E-state index contributed by atoms with van der Waals surface area (Å²) in [7, 11) is 1.29. The van der Waals surface area contributed by atoms with Gasteiger partial charge in [-0.2, -0.15) is 0 Å². The maximum atomic E-state index is 11.7. The van der Waals surface area contributed by atoms with Crippen LogP contribution in [0.1, 0.15) is 10.4 Å². The second kappa shape index (κ2) is 8.60. The molecule has 0 unspecified atom stereocenters.